The summed E-state index contributed by atoms with van der Waals surface area (Å²) in [5.74, 6) is 0.0955. The van der Waals surface area contributed by atoms with Crippen molar-refractivity contribution in [2.45, 2.75) is 50.2 Å². The Morgan fingerprint density at radius 3 is 2.83 bits per heavy atom. The van der Waals surface area contributed by atoms with E-state index in [0.29, 0.717) is 29.4 Å². The van der Waals surface area contributed by atoms with Crippen LogP contribution in [0.25, 0.3) is 0 Å². The van der Waals surface area contributed by atoms with Gasteiger partial charge < -0.3 is 0 Å². The number of nitrogens with two attached hydrogens (primary N) is 1. The summed E-state index contributed by atoms with van der Waals surface area (Å²) in [4.78, 5) is 32.9. The molecule has 0 bridgehead atoms. The number of hydrogen-bond acceptors (Lipinski definition) is 5. The van der Waals surface area contributed by atoms with Crippen molar-refractivity contribution in [1.29, 1.82) is 0 Å². The zero-order chi connectivity index (χ0) is 25.2. The first-order valence-electron chi connectivity index (χ1n) is 11.4. The van der Waals surface area contributed by atoms with Gasteiger partial charge in [0.15, 0.2) is 0 Å². The normalized spacial score (nSPS) is 15.8. The van der Waals surface area contributed by atoms with E-state index in [1.807, 2.05) is 30.3 Å². The SMILES string of the molecule is CC(Cc1ccccc1C(N)=O)[As]c1nc(Nc2ccc3c(c2)C(C)(C)CCC(=O)N3)ncc1Cl. The molecular weight excluding hydrogens is 525 g/mol. The maximum absolute atomic E-state index is 12.1. The molecule has 0 spiro atoms. The predicted molar refractivity (Wildman–Crippen MR) is 141 cm³/mol. The fraction of sp³-hybridized carbons (Fsp3) is 0.308. The number of fused-ring (bicyclic) bond motifs is 1. The van der Waals surface area contributed by atoms with Gasteiger partial charge in [0.05, 0.1) is 0 Å². The van der Waals surface area contributed by atoms with E-state index in [2.05, 4.69) is 42.5 Å². The minimum absolute atomic E-state index is 0.0409. The topological polar surface area (TPSA) is 110 Å². The zero-order valence-corrected chi connectivity index (χ0v) is 22.6. The van der Waals surface area contributed by atoms with Gasteiger partial charge in [0, 0.05) is 0 Å². The van der Waals surface area contributed by atoms with Gasteiger partial charge in [0.2, 0.25) is 0 Å². The number of carbonyl (C=O) groups is 2. The van der Waals surface area contributed by atoms with Crippen LogP contribution in [0.1, 0.15) is 55.1 Å². The number of nitrogens with one attached hydrogen (secondary N) is 2. The van der Waals surface area contributed by atoms with Gasteiger partial charge >= 0.3 is 217 Å². The van der Waals surface area contributed by atoms with Gasteiger partial charge in [-0.15, -0.1) is 0 Å². The molecule has 4 rings (SSSR count). The zero-order valence-electron chi connectivity index (χ0n) is 19.9. The summed E-state index contributed by atoms with van der Waals surface area (Å²) in [7, 11) is 0. The third-order valence-corrected chi connectivity index (χ3v) is 9.22. The third kappa shape index (κ3) is 6.03. The van der Waals surface area contributed by atoms with E-state index < -0.39 is 21.7 Å². The van der Waals surface area contributed by atoms with Crippen LogP contribution < -0.4 is 20.8 Å². The van der Waals surface area contributed by atoms with Gasteiger partial charge in [0.1, 0.15) is 0 Å². The van der Waals surface area contributed by atoms with Crippen LogP contribution in [0.4, 0.5) is 17.3 Å². The van der Waals surface area contributed by atoms with Crippen LogP contribution >= 0.6 is 11.6 Å². The fourth-order valence-corrected chi connectivity index (χ4v) is 6.74. The number of amides is 2. The minimum atomic E-state index is -0.417. The number of anilines is 3. The molecule has 1 radical (unpaired) electrons. The molecule has 35 heavy (non-hydrogen) atoms. The number of hydrogen-bond donors (Lipinski definition) is 3. The van der Waals surface area contributed by atoms with E-state index in [9.17, 15) is 9.59 Å². The molecule has 2 amide bonds. The number of nitrogens with zero attached hydrogens (tertiary/aromatic N) is 2. The van der Waals surface area contributed by atoms with Gasteiger partial charge in [-0.1, -0.05) is 0 Å². The van der Waals surface area contributed by atoms with Crippen molar-refractivity contribution in [2.75, 3.05) is 10.6 Å². The molecule has 0 aliphatic carbocycles. The number of halogens is 1. The summed E-state index contributed by atoms with van der Waals surface area (Å²) in [5.41, 5.74) is 9.66. The Bertz CT molecular complexity index is 1280. The van der Waals surface area contributed by atoms with Crippen molar-refractivity contribution in [3.05, 3.63) is 70.4 Å². The first-order valence-corrected chi connectivity index (χ1v) is 13.8. The maximum atomic E-state index is 12.1. The Kier molecular flexibility index (Phi) is 7.48. The van der Waals surface area contributed by atoms with Gasteiger partial charge in [-0.2, -0.15) is 0 Å². The standard InChI is InChI=1S/C26H28AsClN5O2/c1-15(12-16-6-4-5-7-18(16)24(29)35)27-23-20(28)14-30-25(33-23)31-17-8-9-21-19(13-17)26(2,3)11-10-22(34)32-21/h4-9,13-15H,10-12H2,1-3H3,(H2,29,35)(H,32,34)(H,30,31,33). The monoisotopic (exact) mass is 552 g/mol. The molecule has 1 aliphatic rings. The van der Waals surface area contributed by atoms with Gasteiger partial charge in [-0.3, -0.25) is 0 Å². The van der Waals surface area contributed by atoms with Crippen molar-refractivity contribution in [2.24, 2.45) is 5.73 Å². The molecule has 2 heterocycles. The number of aromatic nitrogens is 2. The molecule has 1 aliphatic heterocycles. The third-order valence-electron chi connectivity index (χ3n) is 6.12. The van der Waals surface area contributed by atoms with Crippen molar-refractivity contribution >= 4 is 61.0 Å². The van der Waals surface area contributed by atoms with Crippen LogP contribution in [-0.2, 0) is 16.6 Å². The first kappa shape index (κ1) is 25.2. The Labute approximate surface area is 217 Å². The Morgan fingerprint density at radius 1 is 1.29 bits per heavy atom. The van der Waals surface area contributed by atoms with Crippen molar-refractivity contribution in [3.63, 3.8) is 0 Å². The van der Waals surface area contributed by atoms with E-state index in [4.69, 9.17) is 22.3 Å². The summed E-state index contributed by atoms with van der Waals surface area (Å²) < 4.78 is 1.09. The molecule has 7 nitrogen and oxygen atoms in total. The predicted octanol–water partition coefficient (Wildman–Crippen LogP) is 4.36. The molecule has 3 aromatic rings. The van der Waals surface area contributed by atoms with Crippen LogP contribution in [0.15, 0.2) is 48.7 Å². The van der Waals surface area contributed by atoms with E-state index in [-0.39, 0.29) is 16.0 Å². The number of benzene rings is 2. The van der Waals surface area contributed by atoms with E-state index in [1.165, 1.54) is 0 Å². The summed E-state index contributed by atoms with van der Waals surface area (Å²) in [6.07, 6.45) is 3.62. The van der Waals surface area contributed by atoms with E-state index in [0.717, 1.165) is 33.4 Å². The molecule has 181 valence electrons. The van der Waals surface area contributed by atoms with Crippen LogP contribution in [0.2, 0.25) is 9.73 Å². The molecule has 1 atom stereocenters. The quantitative estimate of drug-likeness (QED) is 0.377. The average molecular weight is 553 g/mol. The number of rotatable bonds is 7. The average Bonchev–Trinajstić information content (AvgIpc) is 2.92. The van der Waals surface area contributed by atoms with Crippen LogP contribution in [0, 0.1) is 0 Å². The molecule has 1 unspecified atom stereocenters. The second kappa shape index (κ2) is 10.4. The summed E-state index contributed by atoms with van der Waals surface area (Å²) >= 11 is 6.06. The molecule has 0 saturated heterocycles. The van der Waals surface area contributed by atoms with Crippen molar-refractivity contribution in [3.8, 4) is 0 Å². The Hall–Kier alpha value is -2.89. The first-order chi connectivity index (χ1) is 16.6. The molecule has 1 aromatic heterocycles. The molecule has 9 heteroatoms. The molecular formula is C26H28AsClN5O2. The van der Waals surface area contributed by atoms with Crippen molar-refractivity contribution in [1.82, 2.24) is 9.97 Å². The van der Waals surface area contributed by atoms with Gasteiger partial charge in [-0.25, -0.2) is 0 Å². The van der Waals surface area contributed by atoms with Crippen LogP contribution in [-0.4, -0.2) is 37.5 Å². The molecule has 4 N–H and O–H groups in total. The van der Waals surface area contributed by atoms with Gasteiger partial charge in [0.25, 0.3) is 0 Å². The Morgan fingerprint density at radius 2 is 2.06 bits per heavy atom. The summed E-state index contributed by atoms with van der Waals surface area (Å²) in [5, 5.41) is 6.83. The van der Waals surface area contributed by atoms with E-state index >= 15 is 0 Å². The second-order valence-electron chi connectivity index (χ2n) is 9.39. The summed E-state index contributed by atoms with van der Waals surface area (Å²) in [6, 6.07) is 13.3. The summed E-state index contributed by atoms with van der Waals surface area (Å²) in [6.45, 7) is 6.43. The Balaban J connectivity index is 1.52. The fourth-order valence-electron chi connectivity index (χ4n) is 4.21. The number of primary amides is 1. The van der Waals surface area contributed by atoms with Crippen LogP contribution in [0.3, 0.4) is 0 Å². The second-order valence-corrected chi connectivity index (χ2v) is 13.1. The number of carbonyl (C=O) groups excluding carboxylic acids is 2. The molecule has 2 aromatic carbocycles. The van der Waals surface area contributed by atoms with E-state index in [1.54, 1.807) is 12.3 Å². The van der Waals surface area contributed by atoms with Crippen LogP contribution in [0.5, 0.6) is 0 Å². The van der Waals surface area contributed by atoms with Gasteiger partial charge in [-0.05, 0) is 0 Å². The molecule has 0 saturated carbocycles. The molecule has 0 fully saturated rings. The van der Waals surface area contributed by atoms with Crippen molar-refractivity contribution < 1.29 is 9.59 Å².